The molecule has 19 heavy (non-hydrogen) atoms. The molecule has 2 aromatic heterocycles. The summed E-state index contributed by atoms with van der Waals surface area (Å²) in [5.41, 5.74) is 0.665. The number of hydrogen-bond acceptors (Lipinski definition) is 4. The molecule has 0 fully saturated rings. The summed E-state index contributed by atoms with van der Waals surface area (Å²) in [4.78, 5) is 16.0. The Morgan fingerprint density at radius 3 is 2.74 bits per heavy atom. The van der Waals surface area contributed by atoms with Crippen molar-refractivity contribution in [3.8, 4) is 0 Å². The van der Waals surface area contributed by atoms with Crippen LogP contribution in [0.2, 0.25) is 0 Å². The average molecular weight is 261 g/mol. The van der Waals surface area contributed by atoms with Crippen LogP contribution in [-0.2, 0) is 13.1 Å². The molecule has 0 unspecified atom stereocenters. The van der Waals surface area contributed by atoms with Crippen LogP contribution in [0.15, 0.2) is 29.5 Å². The molecule has 0 saturated heterocycles. The molecule has 102 valence electrons. The smallest absolute Gasteiger partial charge is 0.268 e. The molecule has 0 bridgehead atoms. The van der Waals surface area contributed by atoms with Crippen molar-refractivity contribution in [2.75, 3.05) is 5.32 Å². The van der Waals surface area contributed by atoms with Crippen LogP contribution in [0.4, 0.5) is 5.69 Å². The van der Waals surface area contributed by atoms with Gasteiger partial charge in [-0.2, -0.15) is 5.10 Å². The van der Waals surface area contributed by atoms with Crippen LogP contribution >= 0.6 is 0 Å². The minimum Gasteiger partial charge on any atom is -0.381 e. The minimum atomic E-state index is -0.0941. The van der Waals surface area contributed by atoms with Crippen molar-refractivity contribution >= 4 is 5.69 Å². The van der Waals surface area contributed by atoms with E-state index in [1.165, 1.54) is 4.68 Å². The molecule has 2 rings (SSSR count). The van der Waals surface area contributed by atoms with Gasteiger partial charge in [-0.1, -0.05) is 0 Å². The lowest BCUT2D eigenvalue weighted by atomic mass is 10.3. The highest BCUT2D eigenvalue weighted by atomic mass is 16.1. The third-order valence-electron chi connectivity index (χ3n) is 2.80. The van der Waals surface area contributed by atoms with Crippen molar-refractivity contribution in [1.29, 1.82) is 0 Å². The van der Waals surface area contributed by atoms with Crippen LogP contribution in [-0.4, -0.2) is 25.4 Å². The standard InChI is InChI=1S/C13H19N5O/c1-10(2)16-12-8-13(19)18(15-9-12)7-6-17-5-4-14-11(17)3/h4-5,8-10,16H,6-7H2,1-3H3. The number of imidazole rings is 1. The lowest BCUT2D eigenvalue weighted by molar-refractivity contribution is 0.504. The van der Waals surface area contributed by atoms with E-state index in [0.29, 0.717) is 13.1 Å². The molecule has 0 atom stereocenters. The highest BCUT2D eigenvalue weighted by Crippen LogP contribution is 2.02. The van der Waals surface area contributed by atoms with Crippen molar-refractivity contribution in [1.82, 2.24) is 19.3 Å². The van der Waals surface area contributed by atoms with Crippen LogP contribution in [0, 0.1) is 6.92 Å². The molecule has 1 N–H and O–H groups in total. The van der Waals surface area contributed by atoms with Crippen molar-refractivity contribution in [3.63, 3.8) is 0 Å². The minimum absolute atomic E-state index is 0.0941. The number of aryl methyl sites for hydroxylation is 3. The summed E-state index contributed by atoms with van der Waals surface area (Å²) >= 11 is 0. The summed E-state index contributed by atoms with van der Waals surface area (Å²) in [6, 6.07) is 1.86. The molecule has 0 spiro atoms. The fourth-order valence-corrected chi connectivity index (χ4v) is 1.86. The van der Waals surface area contributed by atoms with Gasteiger partial charge in [0.05, 0.1) is 18.4 Å². The fourth-order valence-electron chi connectivity index (χ4n) is 1.86. The highest BCUT2D eigenvalue weighted by Gasteiger charge is 2.02. The van der Waals surface area contributed by atoms with Crippen LogP contribution in [0.5, 0.6) is 0 Å². The first-order valence-corrected chi connectivity index (χ1v) is 6.37. The predicted octanol–water partition coefficient (Wildman–Crippen LogP) is 1.27. The van der Waals surface area contributed by atoms with Gasteiger partial charge in [0.25, 0.3) is 5.56 Å². The Hall–Kier alpha value is -2.11. The molecule has 0 aliphatic rings. The summed E-state index contributed by atoms with van der Waals surface area (Å²) in [6.45, 7) is 7.21. The molecular weight excluding hydrogens is 242 g/mol. The molecule has 2 aromatic rings. The zero-order chi connectivity index (χ0) is 13.8. The number of nitrogens with zero attached hydrogens (tertiary/aromatic N) is 4. The second-order valence-corrected chi connectivity index (χ2v) is 4.77. The van der Waals surface area contributed by atoms with Crippen LogP contribution in [0.1, 0.15) is 19.7 Å². The Morgan fingerprint density at radius 1 is 1.37 bits per heavy atom. The number of anilines is 1. The number of rotatable bonds is 5. The lowest BCUT2D eigenvalue weighted by Crippen LogP contribution is -2.25. The van der Waals surface area contributed by atoms with Gasteiger partial charge >= 0.3 is 0 Å². The van der Waals surface area contributed by atoms with Gasteiger partial charge in [-0.05, 0) is 20.8 Å². The second kappa shape index (κ2) is 5.69. The van der Waals surface area contributed by atoms with Crippen molar-refractivity contribution in [3.05, 3.63) is 40.8 Å². The van der Waals surface area contributed by atoms with Gasteiger partial charge in [-0.15, -0.1) is 0 Å². The van der Waals surface area contributed by atoms with Gasteiger partial charge < -0.3 is 9.88 Å². The van der Waals surface area contributed by atoms with Gasteiger partial charge in [0.15, 0.2) is 0 Å². The molecule has 0 amide bonds. The third kappa shape index (κ3) is 3.43. The molecule has 0 saturated carbocycles. The predicted molar refractivity (Wildman–Crippen MR) is 74.2 cm³/mol. The molecule has 6 heteroatoms. The van der Waals surface area contributed by atoms with E-state index >= 15 is 0 Å². The number of aromatic nitrogens is 4. The zero-order valence-corrected chi connectivity index (χ0v) is 11.5. The van der Waals surface area contributed by atoms with Crippen molar-refractivity contribution in [2.45, 2.75) is 39.9 Å². The van der Waals surface area contributed by atoms with Gasteiger partial charge in [0.1, 0.15) is 5.82 Å². The third-order valence-corrected chi connectivity index (χ3v) is 2.80. The SMILES string of the molecule is Cc1nccn1CCn1ncc(NC(C)C)cc1=O. The zero-order valence-electron chi connectivity index (χ0n) is 11.5. The molecule has 6 nitrogen and oxygen atoms in total. The molecular formula is C13H19N5O. The van der Waals surface area contributed by atoms with Crippen LogP contribution in [0.25, 0.3) is 0 Å². The van der Waals surface area contributed by atoms with Gasteiger partial charge in [0, 0.05) is 31.0 Å². The summed E-state index contributed by atoms with van der Waals surface area (Å²) in [7, 11) is 0. The Bertz CT molecular complexity index is 599. The topological polar surface area (TPSA) is 64.7 Å². The summed E-state index contributed by atoms with van der Waals surface area (Å²) in [6.07, 6.45) is 5.33. The quantitative estimate of drug-likeness (QED) is 0.880. The van der Waals surface area contributed by atoms with E-state index in [2.05, 4.69) is 15.4 Å². The van der Waals surface area contributed by atoms with E-state index in [1.807, 2.05) is 31.5 Å². The van der Waals surface area contributed by atoms with Gasteiger partial charge in [-0.3, -0.25) is 4.79 Å². The van der Waals surface area contributed by atoms with E-state index in [-0.39, 0.29) is 11.6 Å². The Balaban J connectivity index is 2.05. The van der Waals surface area contributed by atoms with Gasteiger partial charge in [-0.25, -0.2) is 9.67 Å². The molecule has 0 aromatic carbocycles. The maximum atomic E-state index is 11.9. The Morgan fingerprint density at radius 2 is 2.16 bits per heavy atom. The van der Waals surface area contributed by atoms with E-state index < -0.39 is 0 Å². The van der Waals surface area contributed by atoms with E-state index in [1.54, 1.807) is 18.5 Å². The molecule has 0 radical (unpaired) electrons. The molecule has 0 aliphatic carbocycles. The summed E-state index contributed by atoms with van der Waals surface area (Å²) in [5.74, 6) is 0.936. The summed E-state index contributed by atoms with van der Waals surface area (Å²) < 4.78 is 3.46. The molecule has 0 aliphatic heterocycles. The second-order valence-electron chi connectivity index (χ2n) is 4.77. The van der Waals surface area contributed by atoms with Gasteiger partial charge in [0.2, 0.25) is 0 Å². The van der Waals surface area contributed by atoms with Crippen LogP contribution in [0.3, 0.4) is 0 Å². The van der Waals surface area contributed by atoms with E-state index in [4.69, 9.17) is 0 Å². The monoisotopic (exact) mass is 261 g/mol. The fraction of sp³-hybridized carbons (Fsp3) is 0.462. The normalized spacial score (nSPS) is 10.9. The highest BCUT2D eigenvalue weighted by molar-refractivity contribution is 5.39. The Kier molecular flexibility index (Phi) is 3.99. The van der Waals surface area contributed by atoms with Crippen molar-refractivity contribution < 1.29 is 0 Å². The number of nitrogens with one attached hydrogen (secondary N) is 1. The lowest BCUT2D eigenvalue weighted by Gasteiger charge is -2.11. The Labute approximate surface area is 112 Å². The summed E-state index contributed by atoms with van der Waals surface area (Å²) in [5, 5.41) is 7.33. The van der Waals surface area contributed by atoms with Crippen LogP contribution < -0.4 is 10.9 Å². The average Bonchev–Trinajstić information content (AvgIpc) is 2.73. The first-order valence-electron chi connectivity index (χ1n) is 6.37. The maximum Gasteiger partial charge on any atom is 0.268 e. The molecule has 2 heterocycles. The first kappa shape index (κ1) is 13.3. The first-order chi connectivity index (χ1) is 9.06. The van der Waals surface area contributed by atoms with E-state index in [9.17, 15) is 4.79 Å². The maximum absolute atomic E-state index is 11.9. The van der Waals surface area contributed by atoms with Crippen molar-refractivity contribution in [2.24, 2.45) is 0 Å². The van der Waals surface area contributed by atoms with E-state index in [0.717, 1.165) is 11.5 Å². The number of hydrogen-bond donors (Lipinski definition) is 1. The largest absolute Gasteiger partial charge is 0.381 e.